The second-order valence-corrected chi connectivity index (χ2v) is 33.0. The number of esters is 4. The Morgan fingerprint density at radius 2 is 0.460 bits per heavy atom. The van der Waals surface area contributed by atoms with Crippen LogP contribution in [0.5, 0.6) is 0 Å². The van der Waals surface area contributed by atoms with E-state index in [9.17, 15) is 43.2 Å². The van der Waals surface area contributed by atoms with Crippen LogP contribution in [0.4, 0.5) is 0 Å². The van der Waals surface area contributed by atoms with E-state index in [2.05, 4.69) is 41.5 Å². The van der Waals surface area contributed by atoms with E-state index in [4.69, 9.17) is 37.0 Å². The minimum absolute atomic E-state index is 0.107. The number of hydrogen-bond donors (Lipinski definition) is 3. The van der Waals surface area contributed by atoms with Crippen LogP contribution in [0.25, 0.3) is 0 Å². The van der Waals surface area contributed by atoms with Crippen LogP contribution in [0.1, 0.15) is 427 Å². The molecule has 0 amide bonds. The summed E-state index contributed by atoms with van der Waals surface area (Å²) in [5.74, 6) is -0.614. The van der Waals surface area contributed by atoms with Crippen molar-refractivity contribution in [2.24, 2.45) is 11.8 Å². The van der Waals surface area contributed by atoms with E-state index < -0.39 is 97.5 Å². The van der Waals surface area contributed by atoms with Crippen molar-refractivity contribution in [1.29, 1.82) is 0 Å². The fourth-order valence-corrected chi connectivity index (χ4v) is 14.1. The normalized spacial score (nSPS) is 13.9. The summed E-state index contributed by atoms with van der Waals surface area (Å²) in [7, 11) is -9.92. The smallest absolute Gasteiger partial charge is 0.462 e. The maximum atomic E-state index is 13.1. The van der Waals surface area contributed by atoms with E-state index in [0.717, 1.165) is 102 Å². The van der Waals surface area contributed by atoms with Gasteiger partial charge in [-0.2, -0.15) is 0 Å². The molecule has 2 unspecified atom stereocenters. The molecule has 0 aliphatic rings. The average molecular weight is 1470 g/mol. The number of phosphoric ester groups is 2. The number of ether oxygens (including phenoxy) is 4. The molecule has 0 aromatic rings. The fourth-order valence-electron chi connectivity index (χ4n) is 12.5. The highest BCUT2D eigenvalue weighted by molar-refractivity contribution is 7.47. The number of unbranched alkanes of at least 4 members (excludes halogenated alkanes) is 50. The molecule has 0 aromatic heterocycles. The molecule has 0 heterocycles. The minimum Gasteiger partial charge on any atom is -0.462 e. The highest BCUT2D eigenvalue weighted by Crippen LogP contribution is 2.45. The van der Waals surface area contributed by atoms with Gasteiger partial charge in [0.2, 0.25) is 0 Å². The molecule has 0 aromatic carbocycles. The summed E-state index contributed by atoms with van der Waals surface area (Å²) >= 11 is 0. The topological polar surface area (TPSA) is 237 Å². The van der Waals surface area contributed by atoms with Crippen LogP contribution in [0.15, 0.2) is 0 Å². The van der Waals surface area contributed by atoms with Crippen molar-refractivity contribution < 1.29 is 80.2 Å². The Bertz CT molecular complexity index is 1920. The molecule has 0 saturated heterocycles. The third-order valence-electron chi connectivity index (χ3n) is 19.0. The van der Waals surface area contributed by atoms with E-state index in [1.165, 1.54) is 238 Å². The number of rotatable bonds is 80. The molecule has 0 aliphatic heterocycles. The van der Waals surface area contributed by atoms with E-state index in [1.54, 1.807) is 0 Å². The third kappa shape index (κ3) is 74.3. The van der Waals surface area contributed by atoms with Gasteiger partial charge >= 0.3 is 39.5 Å². The first-order valence-electron chi connectivity index (χ1n) is 42.0. The van der Waals surface area contributed by atoms with Crippen LogP contribution < -0.4 is 0 Å². The molecule has 0 saturated carbocycles. The van der Waals surface area contributed by atoms with Gasteiger partial charge in [0.05, 0.1) is 26.4 Å². The lowest BCUT2D eigenvalue weighted by atomic mass is 10.0. The second-order valence-electron chi connectivity index (χ2n) is 30.1. The van der Waals surface area contributed by atoms with Crippen molar-refractivity contribution >= 4 is 39.5 Å². The Kier molecular flexibility index (Phi) is 71.2. The van der Waals surface area contributed by atoms with E-state index in [-0.39, 0.29) is 25.7 Å². The van der Waals surface area contributed by atoms with Gasteiger partial charge in [-0.1, -0.05) is 375 Å². The van der Waals surface area contributed by atoms with Crippen molar-refractivity contribution in [3.8, 4) is 0 Å². The minimum atomic E-state index is -4.96. The van der Waals surface area contributed by atoms with Gasteiger partial charge in [0.25, 0.3) is 0 Å². The zero-order valence-electron chi connectivity index (χ0n) is 65.5. The first kappa shape index (κ1) is 98.1. The summed E-state index contributed by atoms with van der Waals surface area (Å²) in [4.78, 5) is 73.0. The van der Waals surface area contributed by atoms with Gasteiger partial charge in [-0.25, -0.2) is 9.13 Å². The number of aliphatic hydroxyl groups excluding tert-OH is 1. The van der Waals surface area contributed by atoms with Crippen molar-refractivity contribution in [2.75, 3.05) is 39.6 Å². The Morgan fingerprint density at radius 3 is 0.680 bits per heavy atom. The molecule has 0 spiro atoms. The third-order valence-corrected chi connectivity index (χ3v) is 20.9. The summed E-state index contributed by atoms with van der Waals surface area (Å²) in [6.45, 7) is 9.59. The quantitative estimate of drug-likeness (QED) is 0.0222. The molecule has 3 N–H and O–H groups in total. The van der Waals surface area contributed by atoms with Crippen molar-refractivity contribution in [3.63, 3.8) is 0 Å². The number of phosphoric acid groups is 2. The highest BCUT2D eigenvalue weighted by Gasteiger charge is 2.30. The summed E-state index contributed by atoms with van der Waals surface area (Å²) < 4.78 is 68.7. The average Bonchev–Trinajstić information content (AvgIpc) is 0.986. The zero-order chi connectivity index (χ0) is 73.5. The Morgan fingerprint density at radius 1 is 0.270 bits per heavy atom. The molecular formula is C81H158O17P2. The molecule has 0 radical (unpaired) electrons. The summed E-state index contributed by atoms with van der Waals surface area (Å²) in [5.41, 5.74) is 0. The molecule has 100 heavy (non-hydrogen) atoms. The first-order valence-corrected chi connectivity index (χ1v) is 45.0. The predicted octanol–water partition coefficient (Wildman–Crippen LogP) is 24.3. The lowest BCUT2D eigenvalue weighted by Gasteiger charge is -2.21. The summed E-state index contributed by atoms with van der Waals surface area (Å²) in [6, 6.07) is 0. The number of hydrogen-bond acceptors (Lipinski definition) is 15. The Hall–Kier alpha value is -1.94. The number of carbonyl (C=O) groups is 4. The van der Waals surface area contributed by atoms with Gasteiger partial charge in [0.1, 0.15) is 19.3 Å². The standard InChI is InChI=1S/C81H158O17P2/c1-7-9-11-13-15-17-19-21-22-23-24-25-26-27-28-29-32-37-41-47-54-60-66-81(86)97-76(69-91-78(83)63-57-51-45-39-36-33-30-31-34-38-43-49-55-61-73(3)4)71-95-99(87,88)93-67-75(82)68-94-100(89,90)96-72-77(70-92-79(84)64-58-52-48-42-44-50-56-62-74(5)6)98-80(85)65-59-53-46-40-35-20-18-16-14-12-10-8-2/h73-77,82H,7-72H2,1-6H3,(H,87,88)(H,89,90)/t75-,76-,77-/m1/s1. The molecule has 0 fully saturated rings. The molecule has 19 heteroatoms. The Balaban J connectivity index is 5.20. The lowest BCUT2D eigenvalue weighted by Crippen LogP contribution is -2.30. The van der Waals surface area contributed by atoms with E-state index >= 15 is 0 Å². The van der Waals surface area contributed by atoms with Crippen LogP contribution in [-0.2, 0) is 65.4 Å². The number of aliphatic hydroxyl groups is 1. The van der Waals surface area contributed by atoms with Crippen LogP contribution in [0.3, 0.4) is 0 Å². The Labute approximate surface area is 613 Å². The maximum absolute atomic E-state index is 13.1. The fraction of sp³-hybridized carbons (Fsp3) is 0.951. The van der Waals surface area contributed by atoms with Crippen LogP contribution in [-0.4, -0.2) is 96.7 Å². The van der Waals surface area contributed by atoms with Gasteiger partial charge in [0, 0.05) is 25.7 Å². The van der Waals surface area contributed by atoms with Crippen molar-refractivity contribution in [3.05, 3.63) is 0 Å². The van der Waals surface area contributed by atoms with E-state index in [0.29, 0.717) is 31.6 Å². The van der Waals surface area contributed by atoms with E-state index in [1.807, 2.05) is 0 Å². The van der Waals surface area contributed by atoms with Crippen LogP contribution >= 0.6 is 15.6 Å². The van der Waals surface area contributed by atoms with Crippen molar-refractivity contribution in [2.45, 2.75) is 445 Å². The van der Waals surface area contributed by atoms with Crippen LogP contribution in [0, 0.1) is 11.8 Å². The summed E-state index contributed by atoms with van der Waals surface area (Å²) in [5, 5.41) is 10.6. The summed E-state index contributed by atoms with van der Waals surface area (Å²) in [6.07, 6.45) is 62.6. The van der Waals surface area contributed by atoms with Gasteiger partial charge in [-0.3, -0.25) is 37.3 Å². The molecule has 5 atom stereocenters. The molecule has 0 aliphatic carbocycles. The van der Waals surface area contributed by atoms with Crippen molar-refractivity contribution in [1.82, 2.24) is 0 Å². The molecule has 17 nitrogen and oxygen atoms in total. The maximum Gasteiger partial charge on any atom is 0.472 e. The molecule has 594 valence electrons. The van der Waals surface area contributed by atoms with Gasteiger partial charge in [-0.15, -0.1) is 0 Å². The van der Waals surface area contributed by atoms with Gasteiger partial charge in [0.15, 0.2) is 12.2 Å². The van der Waals surface area contributed by atoms with Gasteiger partial charge in [-0.05, 0) is 37.5 Å². The zero-order valence-corrected chi connectivity index (χ0v) is 67.3. The predicted molar refractivity (Wildman–Crippen MR) is 409 cm³/mol. The monoisotopic (exact) mass is 1470 g/mol. The molecular weight excluding hydrogens is 1310 g/mol. The van der Waals surface area contributed by atoms with Crippen LogP contribution in [0.2, 0.25) is 0 Å². The molecule has 0 rings (SSSR count). The highest BCUT2D eigenvalue weighted by atomic mass is 31.2. The number of carbonyl (C=O) groups excluding carboxylic acids is 4. The van der Waals surface area contributed by atoms with Gasteiger partial charge < -0.3 is 33.8 Å². The second kappa shape index (κ2) is 72.6. The lowest BCUT2D eigenvalue weighted by molar-refractivity contribution is -0.161. The molecule has 0 bridgehead atoms. The largest absolute Gasteiger partial charge is 0.472 e. The first-order chi connectivity index (χ1) is 48.4. The SMILES string of the molecule is CCCCCCCCCCCCCCCCCCCCCCCCC(=O)O[C@H](COC(=O)CCCCCCCCCCCCCCCC(C)C)COP(=O)(O)OC[C@@H](O)COP(=O)(O)OC[C@@H](COC(=O)CCCCCCCCCC(C)C)OC(=O)CCCCCCCCCCCCCC.